The molecule has 1 heterocycles. The number of hydrogen-bond donors (Lipinski definition) is 0. The van der Waals surface area contributed by atoms with Gasteiger partial charge in [-0.25, -0.2) is 0 Å². The Labute approximate surface area is 349 Å². The zero-order chi connectivity index (χ0) is 39.8. The second-order valence-electron chi connectivity index (χ2n) is 16.3. The molecule has 2 nitrogen and oxygen atoms in total. The van der Waals surface area contributed by atoms with Crippen LogP contribution in [0.5, 0.6) is 0 Å². The molecule has 0 spiro atoms. The first kappa shape index (κ1) is 36.7. The van der Waals surface area contributed by atoms with E-state index < -0.39 is 0 Å². The SMILES string of the molecule is CCCCC1(CCCC)c2ccccc2-c2ccc(N(c3ccc(-c4ccccc4)cc3)c3ccc(-c4ccc5c(c4)c4ccccc4n5-c4ccccc4)cc3)cc21. The van der Waals surface area contributed by atoms with Crippen LogP contribution in [0.3, 0.4) is 0 Å². The van der Waals surface area contributed by atoms with Crippen LogP contribution in [0.1, 0.15) is 63.5 Å². The van der Waals surface area contributed by atoms with Crippen molar-refractivity contribution in [3.05, 3.63) is 205 Å². The van der Waals surface area contributed by atoms with Gasteiger partial charge < -0.3 is 9.47 Å². The van der Waals surface area contributed by atoms with Gasteiger partial charge in [-0.1, -0.05) is 167 Å². The molecule has 1 aromatic heterocycles. The van der Waals surface area contributed by atoms with E-state index in [0.717, 1.165) is 11.4 Å². The zero-order valence-electron chi connectivity index (χ0n) is 34.1. The topological polar surface area (TPSA) is 8.17 Å². The largest absolute Gasteiger partial charge is 0.310 e. The van der Waals surface area contributed by atoms with Gasteiger partial charge in [0.05, 0.1) is 11.0 Å². The zero-order valence-corrected chi connectivity index (χ0v) is 34.1. The maximum absolute atomic E-state index is 2.54. The Balaban J connectivity index is 1.08. The fourth-order valence-corrected chi connectivity index (χ4v) is 9.89. The van der Waals surface area contributed by atoms with Crippen LogP contribution in [0.15, 0.2) is 194 Å². The number of hydrogen-bond acceptors (Lipinski definition) is 1. The Morgan fingerprint density at radius 2 is 0.932 bits per heavy atom. The molecule has 0 bridgehead atoms. The van der Waals surface area contributed by atoms with Crippen LogP contribution in [0, 0.1) is 0 Å². The minimum absolute atomic E-state index is 0.0168. The van der Waals surface area contributed by atoms with E-state index >= 15 is 0 Å². The van der Waals surface area contributed by atoms with Gasteiger partial charge in [0, 0.05) is 38.9 Å². The quantitative estimate of drug-likeness (QED) is 0.120. The third kappa shape index (κ3) is 6.44. The fraction of sp³-hybridized carbons (Fsp3) is 0.158. The summed E-state index contributed by atoms with van der Waals surface area (Å²) in [5.41, 5.74) is 17.8. The summed E-state index contributed by atoms with van der Waals surface area (Å²) < 4.78 is 2.38. The van der Waals surface area contributed by atoms with E-state index in [2.05, 4.69) is 217 Å². The highest BCUT2D eigenvalue weighted by Crippen LogP contribution is 2.55. The summed E-state index contributed by atoms with van der Waals surface area (Å²) in [6.07, 6.45) is 7.16. The lowest BCUT2D eigenvalue weighted by molar-refractivity contribution is 0.414. The molecular formula is C57H50N2. The standard InChI is InChI=1S/C57H50N2/c1-3-5-37-57(38-6-4-2)53-23-15-13-21-49(53)50-35-34-48(40-54(50)57)58(46-30-25-42(26-31-46)41-17-9-7-10-18-41)47-32-27-43(28-33-47)44-29-36-56-52(39-44)51-22-14-16-24-55(51)59(56)45-19-11-8-12-20-45/h7-36,39-40H,3-6,37-38H2,1-2H3. The predicted octanol–water partition coefficient (Wildman–Crippen LogP) is 16.2. The van der Waals surface area contributed by atoms with Gasteiger partial charge >= 0.3 is 0 Å². The van der Waals surface area contributed by atoms with Crippen LogP contribution in [0.2, 0.25) is 0 Å². The van der Waals surface area contributed by atoms with Crippen molar-refractivity contribution in [1.29, 1.82) is 0 Å². The van der Waals surface area contributed by atoms with E-state index in [9.17, 15) is 0 Å². The number of rotatable bonds is 12. The van der Waals surface area contributed by atoms with Crippen LogP contribution < -0.4 is 4.90 Å². The number of fused-ring (bicyclic) bond motifs is 6. The number of nitrogens with zero attached hydrogens (tertiary/aromatic N) is 2. The molecule has 0 unspecified atom stereocenters. The third-order valence-electron chi connectivity index (χ3n) is 12.8. The van der Waals surface area contributed by atoms with Crippen molar-refractivity contribution >= 4 is 38.9 Å². The van der Waals surface area contributed by atoms with Crippen molar-refractivity contribution in [2.24, 2.45) is 0 Å². The lowest BCUT2D eigenvalue weighted by Gasteiger charge is -2.34. The molecular weight excluding hydrogens is 713 g/mol. The molecule has 0 amide bonds. The van der Waals surface area contributed by atoms with Crippen molar-refractivity contribution in [2.75, 3.05) is 4.90 Å². The minimum atomic E-state index is 0.0168. The van der Waals surface area contributed by atoms with E-state index in [4.69, 9.17) is 0 Å². The fourth-order valence-electron chi connectivity index (χ4n) is 9.89. The lowest BCUT2D eigenvalue weighted by Crippen LogP contribution is -2.25. The van der Waals surface area contributed by atoms with Crippen molar-refractivity contribution in [2.45, 2.75) is 57.8 Å². The van der Waals surface area contributed by atoms with Crippen molar-refractivity contribution < 1.29 is 0 Å². The molecule has 288 valence electrons. The van der Waals surface area contributed by atoms with Gasteiger partial charge in [-0.3, -0.25) is 0 Å². The number of benzene rings is 8. The van der Waals surface area contributed by atoms with E-state index in [1.165, 1.54) is 116 Å². The van der Waals surface area contributed by atoms with Crippen LogP contribution >= 0.6 is 0 Å². The highest BCUT2D eigenvalue weighted by atomic mass is 15.1. The Hall–Kier alpha value is -6.64. The summed E-state index contributed by atoms with van der Waals surface area (Å²) >= 11 is 0. The van der Waals surface area contributed by atoms with Crippen LogP contribution in [-0.4, -0.2) is 4.57 Å². The molecule has 0 fully saturated rings. The highest BCUT2D eigenvalue weighted by molar-refractivity contribution is 6.10. The highest BCUT2D eigenvalue weighted by Gasteiger charge is 2.42. The molecule has 0 saturated carbocycles. The molecule has 0 radical (unpaired) electrons. The number of unbranched alkanes of at least 4 members (excludes halogenated alkanes) is 2. The van der Waals surface area contributed by atoms with Crippen LogP contribution in [0.4, 0.5) is 17.1 Å². The van der Waals surface area contributed by atoms with Crippen molar-refractivity contribution in [1.82, 2.24) is 4.57 Å². The molecule has 2 heteroatoms. The van der Waals surface area contributed by atoms with Gasteiger partial charge in [-0.15, -0.1) is 0 Å². The molecule has 10 rings (SSSR count). The first-order valence-electron chi connectivity index (χ1n) is 21.6. The molecule has 9 aromatic rings. The molecule has 1 aliphatic rings. The first-order valence-corrected chi connectivity index (χ1v) is 21.6. The maximum atomic E-state index is 2.54. The van der Waals surface area contributed by atoms with Crippen LogP contribution in [0.25, 0.3) is 60.9 Å². The normalized spacial score (nSPS) is 12.8. The summed E-state index contributed by atoms with van der Waals surface area (Å²) in [4.78, 5) is 2.46. The molecule has 1 aliphatic carbocycles. The molecule has 0 saturated heterocycles. The maximum Gasteiger partial charge on any atom is 0.0541 e. The van der Waals surface area contributed by atoms with Gasteiger partial charge in [0.25, 0.3) is 0 Å². The van der Waals surface area contributed by atoms with E-state index in [0.29, 0.717) is 0 Å². The van der Waals surface area contributed by atoms with Gasteiger partial charge in [0.1, 0.15) is 0 Å². The molecule has 0 aliphatic heterocycles. The Bertz CT molecular complexity index is 2880. The first-order chi connectivity index (χ1) is 29.2. The van der Waals surface area contributed by atoms with E-state index in [-0.39, 0.29) is 5.41 Å². The van der Waals surface area contributed by atoms with Gasteiger partial charge in [-0.05, 0) is 124 Å². The van der Waals surface area contributed by atoms with E-state index in [1.807, 2.05) is 0 Å². The Morgan fingerprint density at radius 3 is 1.63 bits per heavy atom. The monoisotopic (exact) mass is 762 g/mol. The molecule has 0 N–H and O–H groups in total. The number of para-hydroxylation sites is 2. The minimum Gasteiger partial charge on any atom is -0.310 e. The number of aromatic nitrogens is 1. The lowest BCUT2D eigenvalue weighted by atomic mass is 9.71. The second kappa shape index (κ2) is 15.6. The Morgan fingerprint density at radius 1 is 0.407 bits per heavy atom. The average molecular weight is 763 g/mol. The van der Waals surface area contributed by atoms with Crippen LogP contribution in [-0.2, 0) is 5.41 Å². The Kier molecular flexibility index (Phi) is 9.70. The summed E-state index contributed by atoms with van der Waals surface area (Å²) in [7, 11) is 0. The summed E-state index contributed by atoms with van der Waals surface area (Å²) in [5.74, 6) is 0. The number of anilines is 3. The van der Waals surface area contributed by atoms with E-state index in [1.54, 1.807) is 0 Å². The van der Waals surface area contributed by atoms with Gasteiger partial charge in [-0.2, -0.15) is 0 Å². The predicted molar refractivity (Wildman–Crippen MR) is 252 cm³/mol. The molecule has 8 aromatic carbocycles. The summed E-state index contributed by atoms with van der Waals surface area (Å²) in [6, 6.07) is 71.9. The summed E-state index contributed by atoms with van der Waals surface area (Å²) in [6.45, 7) is 4.66. The summed E-state index contributed by atoms with van der Waals surface area (Å²) in [5, 5.41) is 2.53. The average Bonchev–Trinajstić information content (AvgIpc) is 3.78. The molecule has 59 heavy (non-hydrogen) atoms. The van der Waals surface area contributed by atoms with Gasteiger partial charge in [0.2, 0.25) is 0 Å². The van der Waals surface area contributed by atoms with Crippen molar-refractivity contribution in [3.8, 4) is 39.1 Å². The van der Waals surface area contributed by atoms with Crippen molar-refractivity contribution in [3.63, 3.8) is 0 Å². The third-order valence-corrected chi connectivity index (χ3v) is 12.8. The smallest absolute Gasteiger partial charge is 0.0541 e. The molecule has 0 atom stereocenters. The van der Waals surface area contributed by atoms with Gasteiger partial charge in [0.15, 0.2) is 0 Å². The second-order valence-corrected chi connectivity index (χ2v) is 16.3.